The Morgan fingerprint density at radius 2 is 2.28 bits per heavy atom. The van der Waals surface area contributed by atoms with Gasteiger partial charge in [-0.05, 0) is 12.3 Å². The monoisotopic (exact) mass is 255 g/mol. The van der Waals surface area contributed by atoms with Gasteiger partial charge in [-0.25, -0.2) is 9.69 Å². The second-order valence-corrected chi connectivity index (χ2v) is 5.02. The van der Waals surface area contributed by atoms with Crippen molar-refractivity contribution in [3.63, 3.8) is 0 Å². The van der Waals surface area contributed by atoms with Crippen molar-refractivity contribution in [2.24, 2.45) is 11.7 Å². The molecule has 2 unspecified atom stereocenters. The van der Waals surface area contributed by atoms with E-state index >= 15 is 0 Å². The minimum atomic E-state index is -0.513. The van der Waals surface area contributed by atoms with E-state index in [1.807, 2.05) is 0 Å². The number of carbonyl (C=O) groups is 2. The van der Waals surface area contributed by atoms with Gasteiger partial charge >= 0.3 is 6.09 Å². The van der Waals surface area contributed by atoms with Crippen LogP contribution in [0.1, 0.15) is 19.8 Å². The molecule has 0 saturated carbocycles. The molecule has 2 N–H and O–H groups in total. The van der Waals surface area contributed by atoms with E-state index in [0.29, 0.717) is 25.6 Å². The fourth-order valence-electron chi connectivity index (χ4n) is 2.60. The standard InChI is InChI=1S/C12H21N3O3/c1-2-9-7-14(4-3-10(9)13)8-11(16)15-5-6-18-12(15)17/h9-10H,2-8,13H2,1H3. The van der Waals surface area contributed by atoms with Crippen LogP contribution in [0.3, 0.4) is 0 Å². The van der Waals surface area contributed by atoms with Gasteiger partial charge in [-0.2, -0.15) is 0 Å². The van der Waals surface area contributed by atoms with E-state index < -0.39 is 6.09 Å². The Labute approximate surface area is 107 Å². The summed E-state index contributed by atoms with van der Waals surface area (Å²) in [5.41, 5.74) is 6.03. The first-order chi connectivity index (χ1) is 8.61. The Morgan fingerprint density at radius 1 is 1.50 bits per heavy atom. The number of nitrogens with two attached hydrogens (primary N) is 1. The van der Waals surface area contributed by atoms with Crippen molar-refractivity contribution >= 4 is 12.0 Å². The van der Waals surface area contributed by atoms with Crippen LogP contribution in [0.5, 0.6) is 0 Å². The lowest BCUT2D eigenvalue weighted by Gasteiger charge is -2.36. The zero-order valence-electron chi connectivity index (χ0n) is 10.8. The molecule has 2 saturated heterocycles. The first-order valence-corrected chi connectivity index (χ1v) is 6.57. The average Bonchev–Trinajstić information content (AvgIpc) is 2.78. The van der Waals surface area contributed by atoms with Crippen molar-refractivity contribution in [2.75, 3.05) is 32.8 Å². The third-order valence-electron chi connectivity index (χ3n) is 3.82. The van der Waals surface area contributed by atoms with E-state index in [1.165, 1.54) is 4.90 Å². The smallest absolute Gasteiger partial charge is 0.416 e. The normalized spacial score (nSPS) is 29.4. The van der Waals surface area contributed by atoms with Crippen LogP contribution in [0.2, 0.25) is 0 Å². The van der Waals surface area contributed by atoms with Crippen molar-refractivity contribution in [3.8, 4) is 0 Å². The molecule has 6 nitrogen and oxygen atoms in total. The lowest BCUT2D eigenvalue weighted by Crippen LogP contribution is -2.50. The number of amides is 2. The summed E-state index contributed by atoms with van der Waals surface area (Å²) in [6, 6.07) is 0.234. The van der Waals surface area contributed by atoms with Crippen LogP contribution >= 0.6 is 0 Å². The van der Waals surface area contributed by atoms with Crippen LogP contribution in [0, 0.1) is 5.92 Å². The van der Waals surface area contributed by atoms with Crippen LogP contribution in [-0.2, 0) is 9.53 Å². The largest absolute Gasteiger partial charge is 0.447 e. The number of likely N-dealkylation sites (tertiary alicyclic amines) is 1. The summed E-state index contributed by atoms with van der Waals surface area (Å²) in [5.74, 6) is 0.278. The summed E-state index contributed by atoms with van der Waals surface area (Å²) in [5, 5.41) is 0. The molecule has 2 amide bonds. The number of hydrogen-bond acceptors (Lipinski definition) is 5. The first-order valence-electron chi connectivity index (χ1n) is 6.57. The van der Waals surface area contributed by atoms with Crippen LogP contribution in [0.25, 0.3) is 0 Å². The number of rotatable bonds is 3. The SMILES string of the molecule is CCC1CN(CC(=O)N2CCOC2=O)CCC1N. The van der Waals surface area contributed by atoms with E-state index in [1.54, 1.807) is 0 Å². The van der Waals surface area contributed by atoms with Gasteiger partial charge in [-0.15, -0.1) is 0 Å². The predicted molar refractivity (Wildman–Crippen MR) is 65.9 cm³/mol. The molecule has 2 rings (SSSR count). The van der Waals surface area contributed by atoms with Gasteiger partial charge in [0.2, 0.25) is 5.91 Å². The Hall–Kier alpha value is -1.14. The van der Waals surface area contributed by atoms with E-state index in [-0.39, 0.29) is 11.9 Å². The zero-order valence-corrected chi connectivity index (χ0v) is 10.8. The summed E-state index contributed by atoms with van der Waals surface area (Å²) in [6.45, 7) is 4.76. The molecule has 2 aliphatic heterocycles. The highest BCUT2D eigenvalue weighted by Crippen LogP contribution is 2.18. The Morgan fingerprint density at radius 3 is 2.89 bits per heavy atom. The van der Waals surface area contributed by atoms with E-state index in [4.69, 9.17) is 10.5 Å². The number of cyclic esters (lactones) is 1. The van der Waals surface area contributed by atoms with Crippen LogP contribution in [0.15, 0.2) is 0 Å². The molecular formula is C12H21N3O3. The second kappa shape index (κ2) is 5.67. The highest BCUT2D eigenvalue weighted by molar-refractivity contribution is 5.94. The molecular weight excluding hydrogens is 234 g/mol. The van der Waals surface area contributed by atoms with Crippen molar-refractivity contribution in [1.29, 1.82) is 0 Å². The molecule has 2 fully saturated rings. The molecule has 18 heavy (non-hydrogen) atoms. The first kappa shape index (κ1) is 13.3. The lowest BCUT2D eigenvalue weighted by atomic mass is 9.91. The van der Waals surface area contributed by atoms with Crippen molar-refractivity contribution < 1.29 is 14.3 Å². The van der Waals surface area contributed by atoms with Crippen molar-refractivity contribution in [3.05, 3.63) is 0 Å². The van der Waals surface area contributed by atoms with Gasteiger partial charge < -0.3 is 10.5 Å². The van der Waals surface area contributed by atoms with E-state index in [9.17, 15) is 9.59 Å². The van der Waals surface area contributed by atoms with Gasteiger partial charge in [0, 0.05) is 19.1 Å². The van der Waals surface area contributed by atoms with Gasteiger partial charge in [0.15, 0.2) is 0 Å². The maximum atomic E-state index is 12.0. The molecule has 0 bridgehead atoms. The second-order valence-electron chi connectivity index (χ2n) is 5.02. The van der Waals surface area contributed by atoms with Crippen LogP contribution in [0.4, 0.5) is 4.79 Å². The van der Waals surface area contributed by atoms with Gasteiger partial charge in [0.25, 0.3) is 0 Å². The summed E-state index contributed by atoms with van der Waals surface area (Å²) >= 11 is 0. The summed E-state index contributed by atoms with van der Waals surface area (Å²) in [7, 11) is 0. The van der Waals surface area contributed by atoms with Gasteiger partial charge in [0.05, 0.1) is 13.1 Å². The number of imide groups is 1. The third kappa shape index (κ3) is 2.81. The van der Waals surface area contributed by atoms with Crippen molar-refractivity contribution in [1.82, 2.24) is 9.80 Å². The summed E-state index contributed by atoms with van der Waals surface area (Å²) in [4.78, 5) is 26.5. The molecule has 0 aromatic heterocycles. The summed E-state index contributed by atoms with van der Waals surface area (Å²) in [6.07, 6.45) is 1.43. The highest BCUT2D eigenvalue weighted by atomic mass is 16.6. The van der Waals surface area contributed by atoms with Crippen LogP contribution < -0.4 is 5.73 Å². The molecule has 102 valence electrons. The highest BCUT2D eigenvalue weighted by Gasteiger charge is 2.32. The molecule has 0 aromatic rings. The molecule has 2 atom stereocenters. The fraction of sp³-hybridized carbons (Fsp3) is 0.833. The molecule has 2 heterocycles. The minimum absolute atomic E-state index is 0.164. The number of ether oxygens (including phenoxy) is 1. The van der Waals surface area contributed by atoms with Gasteiger partial charge in [0.1, 0.15) is 6.61 Å². The number of piperidine rings is 1. The Balaban J connectivity index is 1.86. The Kier molecular flexibility index (Phi) is 4.19. The van der Waals surface area contributed by atoms with E-state index in [0.717, 1.165) is 25.9 Å². The van der Waals surface area contributed by atoms with E-state index in [2.05, 4.69) is 11.8 Å². The molecule has 0 aromatic carbocycles. The topological polar surface area (TPSA) is 75.9 Å². The zero-order chi connectivity index (χ0) is 13.1. The molecule has 0 aliphatic carbocycles. The lowest BCUT2D eigenvalue weighted by molar-refractivity contribution is -0.129. The van der Waals surface area contributed by atoms with Gasteiger partial charge in [-0.1, -0.05) is 13.3 Å². The van der Waals surface area contributed by atoms with Crippen molar-refractivity contribution in [2.45, 2.75) is 25.8 Å². The molecule has 6 heteroatoms. The minimum Gasteiger partial charge on any atom is -0.447 e. The van der Waals surface area contributed by atoms with Crippen LogP contribution in [-0.4, -0.2) is 60.6 Å². The third-order valence-corrected chi connectivity index (χ3v) is 3.82. The molecule has 2 aliphatic rings. The number of carbonyl (C=O) groups excluding carboxylic acids is 2. The molecule has 0 radical (unpaired) electrons. The fourth-order valence-corrected chi connectivity index (χ4v) is 2.60. The molecule has 0 spiro atoms. The van der Waals surface area contributed by atoms with Gasteiger partial charge in [-0.3, -0.25) is 9.69 Å². The predicted octanol–water partition coefficient (Wildman–Crippen LogP) is 0.0244. The maximum absolute atomic E-state index is 12.0. The quantitative estimate of drug-likeness (QED) is 0.769. The number of nitrogens with zero attached hydrogens (tertiary/aromatic N) is 2. The maximum Gasteiger partial charge on any atom is 0.416 e. The summed E-state index contributed by atoms with van der Waals surface area (Å²) < 4.78 is 4.76. The number of hydrogen-bond donors (Lipinski definition) is 1. The average molecular weight is 255 g/mol. The Bertz CT molecular complexity index is 335.